The number of aromatic nitrogens is 2. The number of hydrogen-bond acceptors (Lipinski definition) is 7. The summed E-state index contributed by atoms with van der Waals surface area (Å²) in [5, 5.41) is 3.18. The van der Waals surface area contributed by atoms with Crippen molar-refractivity contribution in [2.45, 2.75) is 64.6 Å². The zero-order valence-electron chi connectivity index (χ0n) is 20.5. The van der Waals surface area contributed by atoms with Crippen molar-refractivity contribution in [2.75, 3.05) is 47.8 Å². The molecule has 0 radical (unpaired) electrons. The lowest BCUT2D eigenvalue weighted by molar-refractivity contribution is 0.0843. The Bertz CT molecular complexity index is 1020. The molecule has 34 heavy (non-hydrogen) atoms. The number of fused-ring (bicyclic) bond motifs is 3. The molecule has 2 fully saturated rings. The van der Waals surface area contributed by atoms with Crippen molar-refractivity contribution in [3.63, 3.8) is 0 Å². The fourth-order valence-corrected chi connectivity index (χ4v) is 5.38. The second-order valence-corrected chi connectivity index (χ2v) is 9.81. The van der Waals surface area contributed by atoms with Gasteiger partial charge >= 0.3 is 0 Å². The van der Waals surface area contributed by atoms with Crippen LogP contribution in [0.4, 0.5) is 17.5 Å². The minimum Gasteiger partial charge on any atom is -0.490 e. The number of hydrogen-bond donors (Lipinski definition) is 1. The van der Waals surface area contributed by atoms with E-state index in [1.165, 1.54) is 0 Å². The maximum Gasteiger partial charge on any atom is 0.263 e. The summed E-state index contributed by atoms with van der Waals surface area (Å²) in [5.74, 6) is 2.12. The van der Waals surface area contributed by atoms with Crippen molar-refractivity contribution >= 4 is 23.4 Å². The highest BCUT2D eigenvalue weighted by atomic mass is 16.5. The number of benzene rings is 1. The Morgan fingerprint density at radius 1 is 1.18 bits per heavy atom. The normalized spacial score (nSPS) is 21.4. The first kappa shape index (κ1) is 22.9. The molecule has 1 aromatic heterocycles. The highest BCUT2D eigenvalue weighted by molar-refractivity contribution is 6.10. The first-order valence-electron chi connectivity index (χ1n) is 12.7. The second-order valence-electron chi connectivity index (χ2n) is 9.81. The Hall–Kier alpha value is -2.87. The Labute approximate surface area is 202 Å². The fraction of sp³-hybridized carbons (Fsp3) is 0.577. The highest BCUT2D eigenvalue weighted by Crippen LogP contribution is 2.35. The van der Waals surface area contributed by atoms with E-state index in [1.807, 2.05) is 36.1 Å². The van der Waals surface area contributed by atoms with Gasteiger partial charge in [-0.05, 0) is 58.6 Å². The minimum absolute atomic E-state index is 0.0464. The number of piperidine rings is 1. The standard InChI is InChI=1S/C26H36N6O2/c1-4-27-26-28-16-23-24(29-26)31-12-6-8-20(31)17-32(25(23)33)19-7-5-9-22(15-19)34-21-10-13-30(14-11-21)18(2)3/h5,7,9,15-16,18,20-21H,4,6,8,10-14,17H2,1-3H3,(H,27,28,29). The van der Waals surface area contributed by atoms with Crippen LogP contribution in [0.5, 0.6) is 5.75 Å². The van der Waals surface area contributed by atoms with Crippen LogP contribution in [0.1, 0.15) is 56.8 Å². The summed E-state index contributed by atoms with van der Waals surface area (Å²) < 4.78 is 6.37. The summed E-state index contributed by atoms with van der Waals surface area (Å²) in [6.45, 7) is 10.9. The number of rotatable bonds is 6. The third kappa shape index (κ3) is 4.56. The van der Waals surface area contributed by atoms with Gasteiger partial charge in [0.2, 0.25) is 5.95 Å². The van der Waals surface area contributed by atoms with Gasteiger partial charge < -0.3 is 24.8 Å². The Morgan fingerprint density at radius 3 is 2.76 bits per heavy atom. The Morgan fingerprint density at radius 2 is 2.00 bits per heavy atom. The first-order valence-corrected chi connectivity index (χ1v) is 12.7. The van der Waals surface area contributed by atoms with E-state index in [0.29, 0.717) is 24.1 Å². The quantitative estimate of drug-likeness (QED) is 0.697. The van der Waals surface area contributed by atoms with Gasteiger partial charge in [-0.3, -0.25) is 4.79 Å². The molecule has 1 atom stereocenters. The van der Waals surface area contributed by atoms with E-state index < -0.39 is 0 Å². The summed E-state index contributed by atoms with van der Waals surface area (Å²) in [6, 6.07) is 8.84. The molecule has 3 aliphatic heterocycles. The molecule has 4 heterocycles. The fourth-order valence-electron chi connectivity index (χ4n) is 5.38. The molecule has 1 aromatic carbocycles. The maximum absolute atomic E-state index is 13.7. The van der Waals surface area contributed by atoms with Gasteiger partial charge in [0.15, 0.2) is 0 Å². The summed E-state index contributed by atoms with van der Waals surface area (Å²) in [5.41, 5.74) is 1.44. The van der Waals surface area contributed by atoms with Crippen LogP contribution in [0, 0.1) is 0 Å². The molecule has 8 heteroatoms. The van der Waals surface area contributed by atoms with Gasteiger partial charge in [0.05, 0.1) is 0 Å². The smallest absolute Gasteiger partial charge is 0.263 e. The summed E-state index contributed by atoms with van der Waals surface area (Å²) in [4.78, 5) is 29.5. The van der Waals surface area contributed by atoms with Crippen molar-refractivity contribution in [2.24, 2.45) is 0 Å². The van der Waals surface area contributed by atoms with E-state index in [2.05, 4.69) is 33.9 Å². The molecule has 0 spiro atoms. The molecule has 1 N–H and O–H groups in total. The first-order chi connectivity index (χ1) is 16.5. The van der Waals surface area contributed by atoms with E-state index in [-0.39, 0.29) is 18.1 Å². The number of carbonyl (C=O) groups is 1. The zero-order valence-corrected chi connectivity index (χ0v) is 20.5. The topological polar surface area (TPSA) is 73.8 Å². The molecule has 2 saturated heterocycles. The largest absolute Gasteiger partial charge is 0.490 e. The van der Waals surface area contributed by atoms with Crippen LogP contribution in [0.3, 0.4) is 0 Å². The molecular weight excluding hydrogens is 428 g/mol. The highest BCUT2D eigenvalue weighted by Gasteiger charge is 2.37. The van der Waals surface area contributed by atoms with Gasteiger partial charge in [-0.2, -0.15) is 4.98 Å². The molecule has 8 nitrogen and oxygen atoms in total. The van der Waals surface area contributed by atoms with E-state index in [9.17, 15) is 4.79 Å². The Kier molecular flexibility index (Phi) is 6.59. The summed E-state index contributed by atoms with van der Waals surface area (Å²) in [7, 11) is 0. The van der Waals surface area contributed by atoms with Crippen molar-refractivity contribution in [1.82, 2.24) is 14.9 Å². The number of carbonyl (C=O) groups excluding carboxylic acids is 1. The number of anilines is 3. The van der Waals surface area contributed by atoms with Crippen molar-refractivity contribution in [3.8, 4) is 5.75 Å². The number of likely N-dealkylation sites (tertiary alicyclic amines) is 1. The van der Waals surface area contributed by atoms with Gasteiger partial charge in [0, 0.05) is 62.8 Å². The van der Waals surface area contributed by atoms with Crippen molar-refractivity contribution < 1.29 is 9.53 Å². The maximum atomic E-state index is 13.7. The van der Waals surface area contributed by atoms with Gasteiger partial charge in [-0.1, -0.05) is 6.07 Å². The van der Waals surface area contributed by atoms with E-state index in [4.69, 9.17) is 9.72 Å². The SMILES string of the molecule is CCNc1ncc2c(n1)N1CCCC1CN(c1cccc(OC3CCN(C(C)C)CC3)c1)C2=O. The van der Waals surface area contributed by atoms with Gasteiger partial charge in [-0.15, -0.1) is 0 Å². The lowest BCUT2D eigenvalue weighted by Gasteiger charge is -2.34. The van der Waals surface area contributed by atoms with Gasteiger partial charge in [0.25, 0.3) is 5.91 Å². The van der Waals surface area contributed by atoms with Crippen LogP contribution in [0.25, 0.3) is 0 Å². The second kappa shape index (κ2) is 9.78. The third-order valence-electron chi connectivity index (χ3n) is 7.26. The minimum atomic E-state index is -0.0464. The average molecular weight is 465 g/mol. The predicted octanol–water partition coefficient (Wildman–Crippen LogP) is 3.79. The summed E-state index contributed by atoms with van der Waals surface area (Å²) >= 11 is 0. The number of amides is 1. The molecule has 1 unspecified atom stereocenters. The third-order valence-corrected chi connectivity index (χ3v) is 7.26. The number of ether oxygens (including phenoxy) is 1. The molecule has 182 valence electrons. The predicted molar refractivity (Wildman–Crippen MR) is 135 cm³/mol. The monoisotopic (exact) mass is 464 g/mol. The molecule has 0 aliphatic carbocycles. The molecule has 0 bridgehead atoms. The molecule has 0 saturated carbocycles. The molecule has 5 rings (SSSR count). The van der Waals surface area contributed by atoms with Crippen LogP contribution in [-0.2, 0) is 0 Å². The van der Waals surface area contributed by atoms with Crippen molar-refractivity contribution in [1.29, 1.82) is 0 Å². The Balaban J connectivity index is 1.38. The lowest BCUT2D eigenvalue weighted by atomic mass is 10.1. The zero-order chi connectivity index (χ0) is 23.7. The van der Waals surface area contributed by atoms with Gasteiger partial charge in [-0.25, -0.2) is 4.98 Å². The van der Waals surface area contributed by atoms with Gasteiger partial charge in [0.1, 0.15) is 23.2 Å². The van der Waals surface area contributed by atoms with Crippen molar-refractivity contribution in [3.05, 3.63) is 36.0 Å². The molecular formula is C26H36N6O2. The molecule has 3 aliphatic rings. The van der Waals surface area contributed by atoms with Crippen LogP contribution < -0.4 is 19.9 Å². The van der Waals surface area contributed by atoms with Crippen LogP contribution >= 0.6 is 0 Å². The summed E-state index contributed by atoms with van der Waals surface area (Å²) in [6.07, 6.45) is 6.11. The van der Waals surface area contributed by atoms with E-state index in [1.54, 1.807) is 6.20 Å². The molecule has 2 aromatic rings. The van der Waals surface area contributed by atoms with Crippen LogP contribution in [0.15, 0.2) is 30.5 Å². The van der Waals surface area contributed by atoms with E-state index >= 15 is 0 Å². The molecule has 1 amide bonds. The van der Waals surface area contributed by atoms with Crippen LogP contribution in [0.2, 0.25) is 0 Å². The van der Waals surface area contributed by atoms with E-state index in [0.717, 1.165) is 69.1 Å². The van der Waals surface area contributed by atoms with Crippen LogP contribution in [-0.4, -0.2) is 71.7 Å². The number of nitrogens with zero attached hydrogens (tertiary/aromatic N) is 5. The number of nitrogens with one attached hydrogen (secondary N) is 1. The average Bonchev–Trinajstić information content (AvgIpc) is 3.27. The lowest BCUT2D eigenvalue weighted by Crippen LogP contribution is -2.41.